The lowest BCUT2D eigenvalue weighted by atomic mass is 10.0. The summed E-state index contributed by atoms with van der Waals surface area (Å²) in [7, 11) is 0. The smallest absolute Gasteiger partial charge is 0.257 e. The molecule has 25 heavy (non-hydrogen) atoms. The second-order valence-corrected chi connectivity index (χ2v) is 5.85. The predicted octanol–water partition coefficient (Wildman–Crippen LogP) is 2.02. The third-order valence-electron chi connectivity index (χ3n) is 4.31. The third-order valence-corrected chi connectivity index (χ3v) is 4.31. The van der Waals surface area contributed by atoms with Crippen molar-refractivity contribution in [2.75, 3.05) is 13.1 Å². The minimum Gasteiger partial charge on any atom is -0.352 e. The van der Waals surface area contributed by atoms with E-state index in [9.17, 15) is 14.0 Å². The van der Waals surface area contributed by atoms with Gasteiger partial charge in [0.25, 0.3) is 5.91 Å². The van der Waals surface area contributed by atoms with Gasteiger partial charge in [-0.3, -0.25) is 9.59 Å². The molecule has 1 saturated heterocycles. The van der Waals surface area contributed by atoms with Gasteiger partial charge in [-0.05, 0) is 17.7 Å². The summed E-state index contributed by atoms with van der Waals surface area (Å²) in [5.41, 5.74) is 1.69. The third kappa shape index (κ3) is 2.63. The molecule has 0 bridgehead atoms. The first-order valence-electron chi connectivity index (χ1n) is 7.91. The van der Waals surface area contributed by atoms with Gasteiger partial charge in [0.2, 0.25) is 5.91 Å². The number of aromatic amines is 1. The number of hydrogen-bond donors (Lipinski definition) is 2. The molecule has 2 aromatic carbocycles. The van der Waals surface area contributed by atoms with Crippen molar-refractivity contribution in [2.45, 2.75) is 6.04 Å². The van der Waals surface area contributed by atoms with Gasteiger partial charge in [0.1, 0.15) is 17.4 Å². The fourth-order valence-corrected chi connectivity index (χ4v) is 3.18. The summed E-state index contributed by atoms with van der Waals surface area (Å²) in [6, 6.07) is 10.8. The highest BCUT2D eigenvalue weighted by molar-refractivity contribution is 6.06. The van der Waals surface area contributed by atoms with Gasteiger partial charge in [0.15, 0.2) is 0 Å². The lowest BCUT2D eigenvalue weighted by Crippen LogP contribution is -2.52. The molecule has 1 aliphatic rings. The van der Waals surface area contributed by atoms with Crippen molar-refractivity contribution in [3.63, 3.8) is 0 Å². The van der Waals surface area contributed by atoms with Crippen molar-refractivity contribution in [3.8, 4) is 0 Å². The Morgan fingerprint density at radius 1 is 1.24 bits per heavy atom. The molecule has 2 amide bonds. The van der Waals surface area contributed by atoms with E-state index in [1.165, 1.54) is 23.4 Å². The summed E-state index contributed by atoms with van der Waals surface area (Å²) in [5, 5.41) is 2.78. The van der Waals surface area contributed by atoms with Gasteiger partial charge in [-0.2, -0.15) is 0 Å². The molecule has 0 unspecified atom stereocenters. The average molecular weight is 338 g/mol. The zero-order chi connectivity index (χ0) is 17.4. The van der Waals surface area contributed by atoms with Crippen LogP contribution in [0, 0.1) is 5.82 Å². The van der Waals surface area contributed by atoms with Crippen molar-refractivity contribution < 1.29 is 14.0 Å². The molecular formula is C18H15FN4O2. The largest absolute Gasteiger partial charge is 0.352 e. The molecule has 1 aromatic heterocycles. The number of amides is 2. The molecule has 1 aliphatic heterocycles. The first-order valence-corrected chi connectivity index (χ1v) is 7.91. The monoisotopic (exact) mass is 338 g/mol. The summed E-state index contributed by atoms with van der Waals surface area (Å²) in [5.74, 6) is -1.20. The zero-order valence-corrected chi connectivity index (χ0v) is 13.2. The van der Waals surface area contributed by atoms with Crippen molar-refractivity contribution in [2.24, 2.45) is 0 Å². The molecule has 2 N–H and O–H groups in total. The number of rotatable bonds is 2. The molecule has 0 radical (unpaired) electrons. The molecule has 7 heteroatoms. The number of halogens is 1. The molecule has 0 spiro atoms. The maximum atomic E-state index is 13.9. The number of carbonyl (C=O) groups excluding carboxylic acids is 2. The molecular weight excluding hydrogens is 323 g/mol. The lowest BCUT2D eigenvalue weighted by Gasteiger charge is -2.35. The Hall–Kier alpha value is -3.22. The van der Waals surface area contributed by atoms with E-state index in [2.05, 4.69) is 15.3 Å². The number of nitrogens with zero attached hydrogens (tertiary/aromatic N) is 2. The summed E-state index contributed by atoms with van der Waals surface area (Å²) in [6.45, 7) is 0.694. The Labute approximate surface area is 142 Å². The Morgan fingerprint density at radius 3 is 2.84 bits per heavy atom. The predicted molar refractivity (Wildman–Crippen MR) is 89.3 cm³/mol. The van der Waals surface area contributed by atoms with Gasteiger partial charge in [0, 0.05) is 13.1 Å². The van der Waals surface area contributed by atoms with Crippen LogP contribution in [0.4, 0.5) is 4.39 Å². The summed E-state index contributed by atoms with van der Waals surface area (Å²) in [4.78, 5) is 33.9. The standard InChI is InChI=1S/C18H15FN4O2/c19-12-8-13(15-14(9-12)21-10-22-15)18(25)23-7-6-20-17(24)16(23)11-4-2-1-3-5-11/h1-5,8-10,16H,6-7H2,(H,20,24)(H,21,22)/t16-/m1/s1. The van der Waals surface area contributed by atoms with Crippen LogP contribution in [0.25, 0.3) is 11.0 Å². The molecule has 3 aromatic rings. The van der Waals surface area contributed by atoms with E-state index in [1.807, 2.05) is 18.2 Å². The molecule has 1 atom stereocenters. The second kappa shape index (κ2) is 6.01. The van der Waals surface area contributed by atoms with Crippen molar-refractivity contribution >= 4 is 22.8 Å². The van der Waals surface area contributed by atoms with Crippen LogP contribution in [0.2, 0.25) is 0 Å². The Balaban J connectivity index is 1.79. The summed E-state index contributed by atoms with van der Waals surface area (Å²) in [6.07, 6.45) is 1.42. The topological polar surface area (TPSA) is 78.1 Å². The maximum absolute atomic E-state index is 13.9. The molecule has 126 valence electrons. The van der Waals surface area contributed by atoms with Crippen LogP contribution < -0.4 is 5.32 Å². The number of benzene rings is 2. The second-order valence-electron chi connectivity index (χ2n) is 5.85. The molecule has 4 rings (SSSR count). The van der Waals surface area contributed by atoms with Gasteiger partial charge in [0.05, 0.1) is 17.4 Å². The van der Waals surface area contributed by atoms with Gasteiger partial charge in [-0.15, -0.1) is 0 Å². The van der Waals surface area contributed by atoms with Crippen LogP contribution in [-0.2, 0) is 4.79 Å². The number of carbonyl (C=O) groups is 2. The fraction of sp³-hybridized carbons (Fsp3) is 0.167. The van der Waals surface area contributed by atoms with Crippen LogP contribution in [-0.4, -0.2) is 39.8 Å². The van der Waals surface area contributed by atoms with Crippen LogP contribution in [0.15, 0.2) is 48.8 Å². The molecule has 6 nitrogen and oxygen atoms in total. The zero-order valence-electron chi connectivity index (χ0n) is 13.2. The number of fused-ring (bicyclic) bond motifs is 1. The van der Waals surface area contributed by atoms with Gasteiger partial charge in [-0.1, -0.05) is 30.3 Å². The van der Waals surface area contributed by atoms with Crippen molar-refractivity contribution in [3.05, 3.63) is 65.7 Å². The Kier molecular flexibility index (Phi) is 3.68. The molecule has 2 heterocycles. The van der Waals surface area contributed by atoms with Crippen LogP contribution in [0.1, 0.15) is 22.0 Å². The number of aromatic nitrogens is 2. The number of H-pyrrole nitrogens is 1. The molecule has 1 fully saturated rings. The van der Waals surface area contributed by atoms with E-state index < -0.39 is 17.8 Å². The van der Waals surface area contributed by atoms with Gasteiger partial charge in [-0.25, -0.2) is 9.37 Å². The Bertz CT molecular complexity index is 954. The van der Waals surface area contributed by atoms with Crippen molar-refractivity contribution in [1.82, 2.24) is 20.2 Å². The number of imidazole rings is 1. The van der Waals surface area contributed by atoms with Crippen LogP contribution in [0.3, 0.4) is 0 Å². The normalized spacial score (nSPS) is 17.6. The molecule has 0 saturated carbocycles. The summed E-state index contributed by atoms with van der Waals surface area (Å²) >= 11 is 0. The number of piperazine rings is 1. The quantitative estimate of drug-likeness (QED) is 0.750. The van der Waals surface area contributed by atoms with Crippen LogP contribution in [0.5, 0.6) is 0 Å². The fourth-order valence-electron chi connectivity index (χ4n) is 3.18. The lowest BCUT2D eigenvalue weighted by molar-refractivity contribution is -0.128. The van der Waals surface area contributed by atoms with Gasteiger partial charge < -0.3 is 15.2 Å². The Morgan fingerprint density at radius 2 is 2.04 bits per heavy atom. The highest BCUT2D eigenvalue weighted by Crippen LogP contribution is 2.27. The van der Waals surface area contributed by atoms with E-state index in [4.69, 9.17) is 0 Å². The number of nitrogens with one attached hydrogen (secondary N) is 2. The van der Waals surface area contributed by atoms with Crippen LogP contribution >= 0.6 is 0 Å². The molecule has 0 aliphatic carbocycles. The van der Waals surface area contributed by atoms with E-state index >= 15 is 0 Å². The minimum absolute atomic E-state index is 0.145. The van der Waals surface area contributed by atoms with Crippen molar-refractivity contribution in [1.29, 1.82) is 0 Å². The SMILES string of the molecule is O=C1NCCN(C(=O)c2cc(F)cc3[nH]cnc23)[C@@H]1c1ccccc1. The van der Waals surface area contributed by atoms with E-state index in [1.54, 1.807) is 12.1 Å². The maximum Gasteiger partial charge on any atom is 0.257 e. The number of hydrogen-bond acceptors (Lipinski definition) is 3. The van der Waals surface area contributed by atoms with Gasteiger partial charge >= 0.3 is 0 Å². The van der Waals surface area contributed by atoms with E-state index in [-0.39, 0.29) is 11.5 Å². The highest BCUT2D eigenvalue weighted by Gasteiger charge is 2.35. The van der Waals surface area contributed by atoms with E-state index in [0.29, 0.717) is 29.7 Å². The minimum atomic E-state index is -0.750. The first-order chi connectivity index (χ1) is 12.1. The summed E-state index contributed by atoms with van der Waals surface area (Å²) < 4.78 is 13.9. The average Bonchev–Trinajstić information content (AvgIpc) is 3.09. The first kappa shape index (κ1) is 15.3. The van der Waals surface area contributed by atoms with E-state index in [0.717, 1.165) is 0 Å². The highest BCUT2D eigenvalue weighted by atomic mass is 19.1.